The average molecular weight is 155 g/mol. The third-order valence-corrected chi connectivity index (χ3v) is 1.60. The lowest BCUT2D eigenvalue weighted by molar-refractivity contribution is 0.187. The van der Waals surface area contributed by atoms with Gasteiger partial charge < -0.3 is 15.0 Å². The standard InChI is InChI=1S/C7H13N3O/c1-6-5-9-7(8)10(6)3-4-11-2/h5H,3-4H2,1-2H3,(H2,8,9). The van der Waals surface area contributed by atoms with Crippen molar-refractivity contribution in [3.8, 4) is 0 Å². The molecule has 0 bridgehead atoms. The van der Waals surface area contributed by atoms with E-state index in [0.717, 1.165) is 12.2 Å². The molecule has 0 fully saturated rings. The molecule has 4 nitrogen and oxygen atoms in total. The van der Waals surface area contributed by atoms with Crippen molar-refractivity contribution in [1.29, 1.82) is 0 Å². The molecule has 0 spiro atoms. The lowest BCUT2D eigenvalue weighted by Gasteiger charge is -2.05. The molecule has 0 atom stereocenters. The Kier molecular flexibility index (Phi) is 2.48. The minimum absolute atomic E-state index is 0.555. The zero-order chi connectivity index (χ0) is 8.27. The molecule has 2 N–H and O–H groups in total. The Labute approximate surface area is 66.0 Å². The average Bonchev–Trinajstić information content (AvgIpc) is 2.29. The van der Waals surface area contributed by atoms with Crippen molar-refractivity contribution in [2.24, 2.45) is 0 Å². The van der Waals surface area contributed by atoms with Gasteiger partial charge in [-0.05, 0) is 6.92 Å². The van der Waals surface area contributed by atoms with Gasteiger partial charge >= 0.3 is 0 Å². The fourth-order valence-corrected chi connectivity index (χ4v) is 0.953. The van der Waals surface area contributed by atoms with Crippen molar-refractivity contribution in [3.05, 3.63) is 11.9 Å². The zero-order valence-corrected chi connectivity index (χ0v) is 6.87. The van der Waals surface area contributed by atoms with Crippen molar-refractivity contribution in [3.63, 3.8) is 0 Å². The Balaban J connectivity index is 2.67. The highest BCUT2D eigenvalue weighted by atomic mass is 16.5. The van der Waals surface area contributed by atoms with Gasteiger partial charge in [0.2, 0.25) is 0 Å². The number of nitrogen functional groups attached to an aromatic ring is 1. The summed E-state index contributed by atoms with van der Waals surface area (Å²) in [6, 6.07) is 0. The second-order valence-electron chi connectivity index (χ2n) is 2.40. The molecule has 4 heteroatoms. The van der Waals surface area contributed by atoms with Gasteiger partial charge in [-0.2, -0.15) is 0 Å². The first-order valence-corrected chi connectivity index (χ1v) is 3.52. The molecule has 0 amide bonds. The molecule has 0 aliphatic carbocycles. The number of nitrogens with zero attached hydrogens (tertiary/aromatic N) is 2. The Morgan fingerprint density at radius 1 is 1.73 bits per heavy atom. The third kappa shape index (κ3) is 1.71. The van der Waals surface area contributed by atoms with Crippen molar-refractivity contribution >= 4 is 5.95 Å². The van der Waals surface area contributed by atoms with E-state index in [4.69, 9.17) is 10.5 Å². The third-order valence-electron chi connectivity index (χ3n) is 1.60. The molecule has 0 aliphatic heterocycles. The van der Waals surface area contributed by atoms with Gasteiger partial charge in [-0.3, -0.25) is 0 Å². The van der Waals surface area contributed by atoms with Crippen molar-refractivity contribution in [2.75, 3.05) is 19.5 Å². The van der Waals surface area contributed by atoms with Gasteiger partial charge in [0.05, 0.1) is 12.8 Å². The summed E-state index contributed by atoms with van der Waals surface area (Å²) in [5.74, 6) is 0.555. The number of hydrogen-bond acceptors (Lipinski definition) is 3. The summed E-state index contributed by atoms with van der Waals surface area (Å²) in [7, 11) is 1.67. The number of hydrogen-bond donors (Lipinski definition) is 1. The van der Waals surface area contributed by atoms with E-state index < -0.39 is 0 Å². The minimum atomic E-state index is 0.555. The summed E-state index contributed by atoms with van der Waals surface area (Å²) in [6.45, 7) is 3.41. The first kappa shape index (κ1) is 8.07. The topological polar surface area (TPSA) is 53.1 Å². The van der Waals surface area contributed by atoms with Gasteiger partial charge in [0.15, 0.2) is 5.95 Å². The van der Waals surface area contributed by atoms with Crippen LogP contribution < -0.4 is 5.73 Å². The number of aryl methyl sites for hydroxylation is 1. The highest BCUT2D eigenvalue weighted by molar-refractivity contribution is 5.21. The number of rotatable bonds is 3. The van der Waals surface area contributed by atoms with Gasteiger partial charge in [0.1, 0.15) is 0 Å². The summed E-state index contributed by atoms with van der Waals surface area (Å²) in [6.07, 6.45) is 1.75. The molecule has 1 heterocycles. The number of imidazole rings is 1. The normalized spacial score (nSPS) is 10.4. The van der Waals surface area contributed by atoms with Crippen LogP contribution in [0.5, 0.6) is 0 Å². The quantitative estimate of drug-likeness (QED) is 0.688. The molecule has 0 aliphatic rings. The largest absolute Gasteiger partial charge is 0.383 e. The summed E-state index contributed by atoms with van der Waals surface area (Å²) < 4.78 is 6.84. The number of nitrogens with two attached hydrogens (primary N) is 1. The summed E-state index contributed by atoms with van der Waals surface area (Å²) in [5.41, 5.74) is 6.65. The first-order valence-electron chi connectivity index (χ1n) is 3.52. The maximum atomic E-state index is 5.58. The fraction of sp³-hybridized carbons (Fsp3) is 0.571. The number of aromatic nitrogens is 2. The lowest BCUT2D eigenvalue weighted by atomic mass is 10.5. The predicted octanol–water partition coefficient (Wildman–Crippen LogP) is 0.420. The summed E-state index contributed by atoms with van der Waals surface area (Å²) in [5, 5.41) is 0. The molecule has 11 heavy (non-hydrogen) atoms. The lowest BCUT2D eigenvalue weighted by Crippen LogP contribution is -2.08. The van der Waals surface area contributed by atoms with E-state index in [1.165, 1.54) is 0 Å². The number of methoxy groups -OCH3 is 1. The molecule has 1 aromatic rings. The van der Waals surface area contributed by atoms with E-state index >= 15 is 0 Å². The van der Waals surface area contributed by atoms with Gasteiger partial charge in [0, 0.05) is 19.3 Å². The van der Waals surface area contributed by atoms with Crippen LogP contribution in [0, 0.1) is 6.92 Å². The van der Waals surface area contributed by atoms with Gasteiger partial charge in [0.25, 0.3) is 0 Å². The number of ether oxygens (including phenoxy) is 1. The van der Waals surface area contributed by atoms with Crippen LogP contribution >= 0.6 is 0 Å². The van der Waals surface area contributed by atoms with Crippen LogP contribution in [-0.4, -0.2) is 23.3 Å². The first-order chi connectivity index (χ1) is 5.25. The molecular weight excluding hydrogens is 142 g/mol. The van der Waals surface area contributed by atoms with Crippen LogP contribution in [0.15, 0.2) is 6.20 Å². The number of anilines is 1. The smallest absolute Gasteiger partial charge is 0.200 e. The van der Waals surface area contributed by atoms with Crippen LogP contribution in [0.2, 0.25) is 0 Å². The fourth-order valence-electron chi connectivity index (χ4n) is 0.953. The van der Waals surface area contributed by atoms with E-state index in [1.807, 2.05) is 11.5 Å². The zero-order valence-electron chi connectivity index (χ0n) is 6.87. The van der Waals surface area contributed by atoms with Crippen LogP contribution in [-0.2, 0) is 11.3 Å². The molecule has 1 aromatic heterocycles. The molecule has 1 rings (SSSR count). The predicted molar refractivity (Wildman–Crippen MR) is 43.3 cm³/mol. The molecule has 0 radical (unpaired) electrons. The maximum Gasteiger partial charge on any atom is 0.200 e. The Hall–Kier alpha value is -1.03. The van der Waals surface area contributed by atoms with E-state index in [0.29, 0.717) is 12.6 Å². The van der Waals surface area contributed by atoms with E-state index in [1.54, 1.807) is 13.3 Å². The summed E-state index contributed by atoms with van der Waals surface area (Å²) in [4.78, 5) is 3.95. The molecule has 0 saturated carbocycles. The highest BCUT2D eigenvalue weighted by Crippen LogP contribution is 2.04. The van der Waals surface area contributed by atoms with Crippen LogP contribution in [0.25, 0.3) is 0 Å². The van der Waals surface area contributed by atoms with Crippen LogP contribution in [0.3, 0.4) is 0 Å². The Morgan fingerprint density at radius 3 is 2.91 bits per heavy atom. The second kappa shape index (κ2) is 3.39. The van der Waals surface area contributed by atoms with Crippen LogP contribution in [0.4, 0.5) is 5.95 Å². The Bertz CT molecular complexity index is 212. The van der Waals surface area contributed by atoms with Crippen molar-refractivity contribution in [1.82, 2.24) is 9.55 Å². The minimum Gasteiger partial charge on any atom is -0.383 e. The van der Waals surface area contributed by atoms with E-state index in [-0.39, 0.29) is 0 Å². The van der Waals surface area contributed by atoms with Gasteiger partial charge in [-0.25, -0.2) is 4.98 Å². The van der Waals surface area contributed by atoms with E-state index in [2.05, 4.69) is 4.98 Å². The van der Waals surface area contributed by atoms with Gasteiger partial charge in [-0.15, -0.1) is 0 Å². The SMILES string of the molecule is COCCn1c(C)cnc1N. The second-order valence-corrected chi connectivity index (χ2v) is 2.40. The summed E-state index contributed by atoms with van der Waals surface area (Å²) >= 11 is 0. The van der Waals surface area contributed by atoms with Crippen LogP contribution in [0.1, 0.15) is 5.69 Å². The van der Waals surface area contributed by atoms with Crippen molar-refractivity contribution in [2.45, 2.75) is 13.5 Å². The molecule has 62 valence electrons. The van der Waals surface area contributed by atoms with Gasteiger partial charge in [-0.1, -0.05) is 0 Å². The Morgan fingerprint density at radius 2 is 2.45 bits per heavy atom. The van der Waals surface area contributed by atoms with E-state index in [9.17, 15) is 0 Å². The van der Waals surface area contributed by atoms with Crippen molar-refractivity contribution < 1.29 is 4.74 Å². The molecule has 0 unspecified atom stereocenters. The maximum absolute atomic E-state index is 5.58. The molecule has 0 aromatic carbocycles. The molecular formula is C7H13N3O. The molecule has 0 saturated heterocycles. The highest BCUT2D eigenvalue weighted by Gasteiger charge is 2.00. The monoisotopic (exact) mass is 155 g/mol.